The van der Waals surface area contributed by atoms with Crippen LogP contribution in [0.2, 0.25) is 0 Å². The molecule has 0 amide bonds. The lowest BCUT2D eigenvalue weighted by Gasteiger charge is -2.24. The van der Waals surface area contributed by atoms with E-state index in [-0.39, 0.29) is 6.61 Å². The van der Waals surface area contributed by atoms with Crippen LogP contribution in [0, 0.1) is 0 Å². The SMILES string of the molecule is O=C(OC[C@H]1O[C@H](c2cccnn2)[C@H](OC(=O)c2ccccc2)[C@@H]1OC(=O)c1ccccc1)c1ccccc1. The first-order chi connectivity index (χ1) is 19.1. The largest absolute Gasteiger partial charge is 0.459 e. The lowest BCUT2D eigenvalue weighted by Crippen LogP contribution is -2.41. The van der Waals surface area contributed by atoms with Crippen molar-refractivity contribution in [2.24, 2.45) is 0 Å². The third kappa shape index (κ3) is 6.16. The highest BCUT2D eigenvalue weighted by molar-refractivity contribution is 5.91. The van der Waals surface area contributed by atoms with Gasteiger partial charge in [0, 0.05) is 6.20 Å². The van der Waals surface area contributed by atoms with Crippen LogP contribution >= 0.6 is 0 Å². The van der Waals surface area contributed by atoms with E-state index in [9.17, 15) is 14.4 Å². The smallest absolute Gasteiger partial charge is 0.338 e. The molecule has 1 aromatic heterocycles. The van der Waals surface area contributed by atoms with Gasteiger partial charge in [0.2, 0.25) is 0 Å². The Morgan fingerprint density at radius 1 is 0.641 bits per heavy atom. The third-order valence-electron chi connectivity index (χ3n) is 6.09. The second-order valence-corrected chi connectivity index (χ2v) is 8.68. The molecule has 3 aromatic carbocycles. The number of hydrogen-bond acceptors (Lipinski definition) is 9. The zero-order valence-electron chi connectivity index (χ0n) is 20.7. The van der Waals surface area contributed by atoms with E-state index < -0.39 is 42.3 Å². The Morgan fingerprint density at radius 2 is 1.15 bits per heavy atom. The second-order valence-electron chi connectivity index (χ2n) is 8.68. The van der Waals surface area contributed by atoms with E-state index in [0.29, 0.717) is 22.4 Å². The molecule has 1 saturated heterocycles. The Kier molecular flexibility index (Phi) is 7.99. The molecule has 39 heavy (non-hydrogen) atoms. The molecule has 1 aliphatic rings. The predicted molar refractivity (Wildman–Crippen MR) is 138 cm³/mol. The average Bonchev–Trinajstić information content (AvgIpc) is 3.33. The van der Waals surface area contributed by atoms with Gasteiger partial charge in [0.15, 0.2) is 12.2 Å². The lowest BCUT2D eigenvalue weighted by molar-refractivity contribution is -0.0452. The van der Waals surface area contributed by atoms with Gasteiger partial charge in [0.1, 0.15) is 18.8 Å². The van der Waals surface area contributed by atoms with Crippen molar-refractivity contribution < 1.29 is 33.3 Å². The monoisotopic (exact) mass is 524 g/mol. The lowest BCUT2D eigenvalue weighted by atomic mass is 10.0. The first-order valence-electron chi connectivity index (χ1n) is 12.3. The summed E-state index contributed by atoms with van der Waals surface area (Å²) in [6.07, 6.45) is -2.65. The highest BCUT2D eigenvalue weighted by Crippen LogP contribution is 2.37. The molecule has 0 N–H and O–H groups in total. The van der Waals surface area contributed by atoms with Crippen LogP contribution in [0.5, 0.6) is 0 Å². The topological polar surface area (TPSA) is 114 Å². The fourth-order valence-corrected chi connectivity index (χ4v) is 4.18. The molecule has 0 bridgehead atoms. The zero-order valence-corrected chi connectivity index (χ0v) is 20.7. The van der Waals surface area contributed by atoms with E-state index in [4.69, 9.17) is 18.9 Å². The summed E-state index contributed by atoms with van der Waals surface area (Å²) in [5.41, 5.74) is 1.32. The quantitative estimate of drug-likeness (QED) is 0.247. The molecule has 4 atom stereocenters. The molecule has 0 saturated carbocycles. The predicted octanol–water partition coefficient (Wildman–Crippen LogP) is 4.22. The molecule has 0 unspecified atom stereocenters. The molecule has 0 spiro atoms. The highest BCUT2D eigenvalue weighted by Gasteiger charge is 2.51. The number of carbonyl (C=O) groups is 3. The standard InChI is InChI=1S/C30H24N2O7/c33-28(20-11-4-1-5-12-20)36-19-24-26(38-29(34)21-13-6-2-7-14-21)27(25(37-24)23-17-10-18-31-32-23)39-30(35)22-15-8-3-9-16-22/h1-18,24-27H,19H2/t24-,25-,26-,27+/m1/s1. The number of carbonyl (C=O) groups excluding carboxylic acids is 3. The van der Waals surface area contributed by atoms with Crippen molar-refractivity contribution in [3.8, 4) is 0 Å². The Hall–Kier alpha value is -4.89. The third-order valence-corrected chi connectivity index (χ3v) is 6.09. The minimum absolute atomic E-state index is 0.267. The maximum Gasteiger partial charge on any atom is 0.338 e. The summed E-state index contributed by atoms with van der Waals surface area (Å²) in [6, 6.07) is 28.6. The summed E-state index contributed by atoms with van der Waals surface area (Å²) in [4.78, 5) is 38.8. The zero-order chi connectivity index (χ0) is 27.0. The minimum Gasteiger partial charge on any atom is -0.459 e. The van der Waals surface area contributed by atoms with E-state index in [1.807, 2.05) is 0 Å². The van der Waals surface area contributed by atoms with E-state index in [1.54, 1.807) is 103 Å². The molecule has 9 nitrogen and oxygen atoms in total. The van der Waals surface area contributed by atoms with Crippen molar-refractivity contribution in [3.63, 3.8) is 0 Å². The maximum absolute atomic E-state index is 13.1. The molecule has 2 heterocycles. The van der Waals surface area contributed by atoms with Gasteiger partial charge in [0.05, 0.1) is 22.4 Å². The number of rotatable bonds is 8. The van der Waals surface area contributed by atoms with Crippen LogP contribution in [0.1, 0.15) is 42.9 Å². The number of ether oxygens (including phenoxy) is 4. The molecule has 196 valence electrons. The normalized spacial score (nSPS) is 20.1. The van der Waals surface area contributed by atoms with Gasteiger partial charge in [-0.05, 0) is 48.5 Å². The number of hydrogen-bond donors (Lipinski definition) is 0. The number of nitrogens with zero attached hydrogens (tertiary/aromatic N) is 2. The van der Waals surface area contributed by atoms with Gasteiger partial charge in [-0.3, -0.25) is 0 Å². The van der Waals surface area contributed by atoms with Crippen LogP contribution in [-0.2, 0) is 18.9 Å². The average molecular weight is 525 g/mol. The fourth-order valence-electron chi connectivity index (χ4n) is 4.18. The summed E-state index contributed by atoms with van der Waals surface area (Å²) in [5, 5.41) is 8.04. The van der Waals surface area contributed by atoms with Crippen LogP contribution in [0.4, 0.5) is 0 Å². The van der Waals surface area contributed by atoms with E-state index in [0.717, 1.165) is 0 Å². The first-order valence-corrected chi connectivity index (χ1v) is 12.3. The van der Waals surface area contributed by atoms with Gasteiger partial charge in [-0.15, -0.1) is 0 Å². The van der Waals surface area contributed by atoms with Crippen LogP contribution in [0.25, 0.3) is 0 Å². The Morgan fingerprint density at radius 3 is 1.67 bits per heavy atom. The highest BCUT2D eigenvalue weighted by atomic mass is 16.6. The summed E-state index contributed by atoms with van der Waals surface area (Å²) in [7, 11) is 0. The molecule has 0 radical (unpaired) electrons. The van der Waals surface area contributed by atoms with Gasteiger partial charge >= 0.3 is 17.9 Å². The summed E-state index contributed by atoms with van der Waals surface area (Å²) in [6.45, 7) is -0.267. The van der Waals surface area contributed by atoms with Crippen LogP contribution in [-0.4, -0.2) is 53.0 Å². The van der Waals surface area contributed by atoms with Crippen LogP contribution in [0.3, 0.4) is 0 Å². The Labute approximate surface area is 224 Å². The summed E-state index contributed by atoms with van der Waals surface area (Å²) < 4.78 is 23.5. The Balaban J connectivity index is 1.45. The van der Waals surface area contributed by atoms with Crippen molar-refractivity contribution in [1.29, 1.82) is 0 Å². The first kappa shape index (κ1) is 25.7. The van der Waals surface area contributed by atoms with Gasteiger partial charge < -0.3 is 18.9 Å². The fraction of sp³-hybridized carbons (Fsp3) is 0.167. The molecule has 0 aliphatic carbocycles. The van der Waals surface area contributed by atoms with E-state index >= 15 is 0 Å². The Bertz CT molecular complexity index is 1400. The number of aromatic nitrogens is 2. The van der Waals surface area contributed by atoms with Crippen molar-refractivity contribution >= 4 is 17.9 Å². The van der Waals surface area contributed by atoms with Crippen molar-refractivity contribution in [3.05, 3.63) is 132 Å². The molecule has 9 heteroatoms. The van der Waals surface area contributed by atoms with Gasteiger partial charge in [-0.2, -0.15) is 10.2 Å². The number of esters is 3. The van der Waals surface area contributed by atoms with Crippen LogP contribution < -0.4 is 0 Å². The second kappa shape index (κ2) is 12.1. The van der Waals surface area contributed by atoms with E-state index in [2.05, 4.69) is 10.2 Å². The van der Waals surface area contributed by atoms with Crippen molar-refractivity contribution in [2.45, 2.75) is 24.4 Å². The number of benzene rings is 3. The van der Waals surface area contributed by atoms with Gasteiger partial charge in [-0.1, -0.05) is 54.6 Å². The molecule has 5 rings (SSSR count). The molecular weight excluding hydrogens is 500 g/mol. The summed E-state index contributed by atoms with van der Waals surface area (Å²) in [5.74, 6) is -1.86. The van der Waals surface area contributed by atoms with Gasteiger partial charge in [0.25, 0.3) is 0 Å². The molecule has 4 aromatic rings. The molecule has 1 fully saturated rings. The van der Waals surface area contributed by atoms with E-state index in [1.165, 1.54) is 6.20 Å². The van der Waals surface area contributed by atoms with Crippen LogP contribution in [0.15, 0.2) is 109 Å². The summed E-state index contributed by atoms with van der Waals surface area (Å²) >= 11 is 0. The molecular formula is C30H24N2O7. The van der Waals surface area contributed by atoms with Crippen molar-refractivity contribution in [2.75, 3.05) is 6.61 Å². The molecule has 1 aliphatic heterocycles. The maximum atomic E-state index is 13.1. The minimum atomic E-state index is -1.12. The van der Waals surface area contributed by atoms with Gasteiger partial charge in [-0.25, -0.2) is 14.4 Å². The van der Waals surface area contributed by atoms with Crippen molar-refractivity contribution in [1.82, 2.24) is 10.2 Å².